The van der Waals surface area contributed by atoms with Gasteiger partial charge >= 0.3 is 0 Å². The maximum absolute atomic E-state index is 11.4. The number of anilines is 1. The van der Waals surface area contributed by atoms with Crippen LogP contribution in [0.25, 0.3) is 0 Å². The molecule has 2 aromatic carbocycles. The zero-order valence-corrected chi connectivity index (χ0v) is 13.5. The number of benzene rings is 2. The summed E-state index contributed by atoms with van der Waals surface area (Å²) in [7, 11) is 0. The lowest BCUT2D eigenvalue weighted by atomic mass is 9.98. The second-order valence-electron chi connectivity index (χ2n) is 5.32. The van der Waals surface area contributed by atoms with Gasteiger partial charge in [-0.05, 0) is 42.7 Å². The fourth-order valence-electron chi connectivity index (χ4n) is 2.47. The molecule has 1 atom stereocenters. The topological polar surface area (TPSA) is 38.3 Å². The van der Waals surface area contributed by atoms with Crippen LogP contribution < -0.4 is 10.1 Å². The lowest BCUT2D eigenvalue weighted by molar-refractivity contribution is -0.118. The van der Waals surface area contributed by atoms with E-state index in [1.54, 1.807) is 0 Å². The number of alkyl halides is 1. The zero-order valence-electron chi connectivity index (χ0n) is 11.9. The number of nitrogens with one attached hydrogen (secondary N) is 1. The van der Waals surface area contributed by atoms with Gasteiger partial charge in [0.1, 0.15) is 5.75 Å². The molecule has 1 unspecified atom stereocenters. The van der Waals surface area contributed by atoms with Crippen LogP contribution in [-0.4, -0.2) is 12.5 Å². The van der Waals surface area contributed by atoms with Crippen molar-refractivity contribution in [2.75, 3.05) is 11.9 Å². The van der Waals surface area contributed by atoms with E-state index in [1.807, 2.05) is 18.2 Å². The lowest BCUT2D eigenvalue weighted by Gasteiger charge is -2.20. The Kier molecular flexibility index (Phi) is 3.72. The molecule has 1 N–H and O–H groups in total. The van der Waals surface area contributed by atoms with Crippen LogP contribution in [-0.2, 0) is 4.79 Å². The lowest BCUT2D eigenvalue weighted by Crippen LogP contribution is -2.25. The van der Waals surface area contributed by atoms with Crippen LogP contribution in [0.4, 0.5) is 5.69 Å². The second kappa shape index (κ2) is 5.53. The maximum atomic E-state index is 11.4. The Labute approximate surface area is 132 Å². The molecule has 0 saturated heterocycles. The van der Waals surface area contributed by atoms with Crippen molar-refractivity contribution >= 4 is 27.5 Å². The molecule has 0 fully saturated rings. The molecule has 3 nitrogen and oxygen atoms in total. The molecule has 21 heavy (non-hydrogen) atoms. The van der Waals surface area contributed by atoms with E-state index in [0.717, 1.165) is 17.0 Å². The zero-order chi connectivity index (χ0) is 15.0. The van der Waals surface area contributed by atoms with E-state index in [-0.39, 0.29) is 17.3 Å². The van der Waals surface area contributed by atoms with Gasteiger partial charge in [-0.1, -0.05) is 45.8 Å². The molecule has 0 aliphatic carbocycles. The minimum atomic E-state index is -0.113. The fourth-order valence-corrected chi connectivity index (χ4v) is 3.25. The van der Waals surface area contributed by atoms with E-state index in [1.165, 1.54) is 16.7 Å². The van der Waals surface area contributed by atoms with Crippen LogP contribution in [0.3, 0.4) is 0 Å². The summed E-state index contributed by atoms with van der Waals surface area (Å²) in [6.45, 7) is 4.27. The van der Waals surface area contributed by atoms with Crippen LogP contribution in [0, 0.1) is 13.8 Å². The average molecular weight is 346 g/mol. The Balaban J connectivity index is 1.98. The average Bonchev–Trinajstić information content (AvgIpc) is 2.48. The molecule has 1 amide bonds. The molecule has 0 spiro atoms. The van der Waals surface area contributed by atoms with Crippen LogP contribution in [0.5, 0.6) is 5.75 Å². The van der Waals surface area contributed by atoms with Crippen LogP contribution >= 0.6 is 15.9 Å². The summed E-state index contributed by atoms with van der Waals surface area (Å²) in [6, 6.07) is 12.3. The Hall–Kier alpha value is -1.81. The van der Waals surface area contributed by atoms with Gasteiger partial charge in [-0.2, -0.15) is 0 Å². The molecule has 0 saturated carbocycles. The molecule has 0 aromatic heterocycles. The molecule has 2 aromatic rings. The minimum absolute atomic E-state index is 0.0844. The quantitative estimate of drug-likeness (QED) is 0.831. The van der Waals surface area contributed by atoms with Gasteiger partial charge in [0.2, 0.25) is 0 Å². The monoisotopic (exact) mass is 345 g/mol. The van der Waals surface area contributed by atoms with Crippen molar-refractivity contribution in [1.82, 2.24) is 0 Å². The molecule has 108 valence electrons. The summed E-state index contributed by atoms with van der Waals surface area (Å²) < 4.78 is 5.39. The number of hydrogen-bond acceptors (Lipinski definition) is 2. The highest BCUT2D eigenvalue weighted by molar-refractivity contribution is 9.09. The van der Waals surface area contributed by atoms with Gasteiger partial charge in [0, 0.05) is 0 Å². The van der Waals surface area contributed by atoms with Gasteiger partial charge in [0.05, 0.1) is 10.5 Å². The highest BCUT2D eigenvalue weighted by Gasteiger charge is 2.19. The van der Waals surface area contributed by atoms with Gasteiger partial charge in [-0.3, -0.25) is 4.79 Å². The summed E-state index contributed by atoms with van der Waals surface area (Å²) in [4.78, 5) is 11.5. The summed E-state index contributed by atoms with van der Waals surface area (Å²) in [5, 5.41) is 2.85. The van der Waals surface area contributed by atoms with Crippen molar-refractivity contribution in [3.63, 3.8) is 0 Å². The number of hydrogen-bond donors (Lipinski definition) is 1. The first-order chi connectivity index (χ1) is 10.0. The Morgan fingerprint density at radius 2 is 2.00 bits per heavy atom. The molecular weight excluding hydrogens is 330 g/mol. The highest BCUT2D eigenvalue weighted by atomic mass is 79.9. The Morgan fingerprint density at radius 3 is 2.81 bits per heavy atom. The summed E-state index contributed by atoms with van der Waals surface area (Å²) in [5.74, 6) is 0.608. The third kappa shape index (κ3) is 2.81. The van der Waals surface area contributed by atoms with Gasteiger partial charge in [-0.25, -0.2) is 0 Å². The van der Waals surface area contributed by atoms with Gasteiger partial charge < -0.3 is 10.1 Å². The van der Waals surface area contributed by atoms with E-state index in [0.29, 0.717) is 0 Å². The van der Waals surface area contributed by atoms with Crippen molar-refractivity contribution in [3.05, 3.63) is 58.7 Å². The number of amides is 1. The van der Waals surface area contributed by atoms with Crippen LogP contribution in [0.2, 0.25) is 0 Å². The SMILES string of the molecule is Cc1ccc(C)c(C(Br)c2ccc3c(c2)NC(=O)CO3)c1. The number of fused-ring (bicyclic) bond motifs is 1. The van der Waals surface area contributed by atoms with E-state index < -0.39 is 0 Å². The standard InChI is InChI=1S/C17H16BrNO2/c1-10-3-4-11(2)13(7-10)17(18)12-5-6-15-14(8-12)19-16(20)9-21-15/h3-8,17H,9H2,1-2H3,(H,19,20). The first kappa shape index (κ1) is 14.1. The minimum Gasteiger partial charge on any atom is -0.482 e. The fraction of sp³-hybridized carbons (Fsp3) is 0.235. The Bertz CT molecular complexity index is 712. The first-order valence-electron chi connectivity index (χ1n) is 6.82. The predicted molar refractivity (Wildman–Crippen MR) is 87.3 cm³/mol. The molecule has 1 aliphatic rings. The smallest absolute Gasteiger partial charge is 0.262 e. The number of ether oxygens (including phenoxy) is 1. The number of rotatable bonds is 2. The van der Waals surface area contributed by atoms with E-state index in [4.69, 9.17) is 4.74 Å². The Morgan fingerprint density at radius 1 is 1.19 bits per heavy atom. The number of halogens is 1. The molecule has 1 aliphatic heterocycles. The van der Waals surface area contributed by atoms with E-state index in [9.17, 15) is 4.79 Å². The number of aryl methyl sites for hydroxylation is 2. The van der Waals surface area contributed by atoms with Gasteiger partial charge in [0.25, 0.3) is 5.91 Å². The van der Waals surface area contributed by atoms with E-state index >= 15 is 0 Å². The number of carbonyl (C=O) groups is 1. The third-order valence-corrected chi connectivity index (χ3v) is 4.66. The molecule has 3 rings (SSSR count). The van der Waals surface area contributed by atoms with Crippen LogP contribution in [0.15, 0.2) is 36.4 Å². The van der Waals surface area contributed by atoms with Crippen molar-refractivity contribution in [2.24, 2.45) is 0 Å². The molecule has 1 heterocycles. The van der Waals surface area contributed by atoms with Crippen molar-refractivity contribution in [3.8, 4) is 5.75 Å². The van der Waals surface area contributed by atoms with Crippen molar-refractivity contribution in [2.45, 2.75) is 18.7 Å². The summed E-state index contributed by atoms with van der Waals surface area (Å²) >= 11 is 3.77. The normalized spacial score (nSPS) is 14.9. The predicted octanol–water partition coefficient (Wildman–Crippen LogP) is 4.12. The number of carbonyl (C=O) groups excluding carboxylic acids is 1. The van der Waals surface area contributed by atoms with Crippen molar-refractivity contribution < 1.29 is 9.53 Å². The largest absolute Gasteiger partial charge is 0.482 e. The second-order valence-corrected chi connectivity index (χ2v) is 6.23. The summed E-state index contributed by atoms with van der Waals surface area (Å²) in [6.07, 6.45) is 0. The van der Waals surface area contributed by atoms with E-state index in [2.05, 4.69) is 53.3 Å². The molecule has 4 heteroatoms. The maximum Gasteiger partial charge on any atom is 0.262 e. The van der Waals surface area contributed by atoms with Crippen molar-refractivity contribution in [1.29, 1.82) is 0 Å². The van der Waals surface area contributed by atoms with Crippen LogP contribution in [0.1, 0.15) is 27.1 Å². The third-order valence-electron chi connectivity index (χ3n) is 3.64. The molecule has 0 bridgehead atoms. The highest BCUT2D eigenvalue weighted by Crippen LogP contribution is 2.37. The summed E-state index contributed by atoms with van der Waals surface area (Å²) in [5.41, 5.74) is 5.53. The van der Waals surface area contributed by atoms with Gasteiger partial charge in [-0.15, -0.1) is 0 Å². The first-order valence-corrected chi connectivity index (χ1v) is 7.74. The molecule has 0 radical (unpaired) electrons. The molecular formula is C17H16BrNO2. The van der Waals surface area contributed by atoms with Gasteiger partial charge in [0.15, 0.2) is 6.61 Å².